The lowest BCUT2D eigenvalue weighted by atomic mass is 10.4. The highest BCUT2D eigenvalue weighted by molar-refractivity contribution is 6.41. The average Bonchev–Trinajstić information content (AvgIpc) is 1.77. The first-order chi connectivity index (χ1) is 3.80. The zero-order valence-corrected chi connectivity index (χ0v) is 5.58. The van der Waals surface area contributed by atoms with Crippen LogP contribution in [0.5, 0.6) is 0 Å². The van der Waals surface area contributed by atoms with Gasteiger partial charge in [-0.1, -0.05) is 35.3 Å². The van der Waals surface area contributed by atoms with Crippen LogP contribution < -0.4 is 0 Å². The molecule has 0 saturated heterocycles. The van der Waals surface area contributed by atoms with Crippen molar-refractivity contribution in [3.8, 4) is 0 Å². The first kappa shape index (κ1) is 9.02. The molecule has 50 valence electrons. The smallest absolute Gasteiger partial charge is 0.0592 e. The maximum absolute atomic E-state index is 5.58. The van der Waals surface area contributed by atoms with E-state index in [-0.39, 0.29) is 11.0 Å². The van der Waals surface area contributed by atoms with Gasteiger partial charge < -0.3 is 0 Å². The molecule has 0 radical (unpaired) electrons. The van der Waals surface area contributed by atoms with Gasteiger partial charge in [0, 0.05) is 0 Å². The van der Waals surface area contributed by atoms with E-state index in [0.29, 0.717) is 10.0 Å². The van der Waals surface area contributed by atoms with E-state index in [1.807, 2.05) is 12.1 Å². The van der Waals surface area contributed by atoms with Crippen molar-refractivity contribution in [1.29, 1.82) is 0 Å². The van der Waals surface area contributed by atoms with E-state index < -0.39 is 0 Å². The highest BCUT2D eigenvalue weighted by atomic mass is 35.5. The molecule has 0 saturated carbocycles. The number of hydrogen-bond donors (Lipinski definition) is 0. The fourth-order valence-electron chi connectivity index (χ4n) is 0.439. The third kappa shape index (κ3) is 2.39. The van der Waals surface area contributed by atoms with Crippen molar-refractivity contribution in [1.82, 2.24) is 0 Å². The Labute approximate surface area is 68.8 Å². The summed E-state index contributed by atoms with van der Waals surface area (Å²) < 4.78 is 0. The van der Waals surface area contributed by atoms with Gasteiger partial charge in [-0.15, -0.1) is 0 Å². The number of benzene rings is 1. The second-order valence-corrected chi connectivity index (χ2v) is 2.23. The van der Waals surface area contributed by atoms with Gasteiger partial charge in [0.2, 0.25) is 0 Å². The van der Waals surface area contributed by atoms with Crippen LogP contribution in [0.1, 0.15) is 0 Å². The van der Waals surface area contributed by atoms with Crippen LogP contribution in [0.2, 0.25) is 10.0 Å². The Morgan fingerprint density at radius 3 is 1.44 bits per heavy atom. The SMILES string of the molecule is Clc1ccccc1Cl.[SiH4]. The van der Waals surface area contributed by atoms with Gasteiger partial charge in [0.1, 0.15) is 0 Å². The van der Waals surface area contributed by atoms with Crippen LogP contribution in [0.3, 0.4) is 0 Å². The summed E-state index contributed by atoms with van der Waals surface area (Å²) in [6.07, 6.45) is 0. The summed E-state index contributed by atoms with van der Waals surface area (Å²) in [5.41, 5.74) is 0. The molecular weight excluding hydrogens is 171 g/mol. The zero-order chi connectivity index (χ0) is 5.98. The van der Waals surface area contributed by atoms with Gasteiger partial charge in [-0.3, -0.25) is 0 Å². The number of rotatable bonds is 0. The van der Waals surface area contributed by atoms with Crippen molar-refractivity contribution >= 4 is 34.2 Å². The Hall–Kier alpha value is 0.0169. The minimum absolute atomic E-state index is 0. The summed E-state index contributed by atoms with van der Waals surface area (Å²) in [4.78, 5) is 0. The van der Waals surface area contributed by atoms with Crippen LogP contribution in [0.4, 0.5) is 0 Å². The van der Waals surface area contributed by atoms with E-state index in [2.05, 4.69) is 0 Å². The van der Waals surface area contributed by atoms with Gasteiger partial charge in [-0.25, -0.2) is 0 Å². The molecule has 1 aromatic rings. The zero-order valence-electron chi connectivity index (χ0n) is 4.07. The lowest BCUT2D eigenvalue weighted by Gasteiger charge is -1.88. The predicted octanol–water partition coefficient (Wildman–Crippen LogP) is 1.54. The second-order valence-electron chi connectivity index (χ2n) is 1.41. The Morgan fingerprint density at radius 1 is 0.889 bits per heavy atom. The van der Waals surface area contributed by atoms with Gasteiger partial charge in [0.25, 0.3) is 0 Å². The molecular formula is C6H8Cl2Si. The third-order valence-electron chi connectivity index (χ3n) is 0.824. The third-order valence-corrected chi connectivity index (χ3v) is 1.58. The lowest BCUT2D eigenvalue weighted by Crippen LogP contribution is -1.62. The van der Waals surface area contributed by atoms with E-state index >= 15 is 0 Å². The fourth-order valence-corrected chi connectivity index (χ4v) is 0.711. The largest absolute Gasteiger partial charge is 0.0827 e. The van der Waals surface area contributed by atoms with Crippen molar-refractivity contribution in [2.75, 3.05) is 0 Å². The first-order valence-electron chi connectivity index (χ1n) is 2.21. The molecule has 0 unspecified atom stereocenters. The minimum Gasteiger partial charge on any atom is -0.0827 e. The molecule has 0 heterocycles. The quantitative estimate of drug-likeness (QED) is 0.530. The van der Waals surface area contributed by atoms with E-state index in [0.717, 1.165) is 0 Å². The predicted molar refractivity (Wildman–Crippen MR) is 47.8 cm³/mol. The molecule has 9 heavy (non-hydrogen) atoms. The van der Waals surface area contributed by atoms with Crippen LogP contribution in [-0.2, 0) is 0 Å². The van der Waals surface area contributed by atoms with Crippen molar-refractivity contribution in [2.24, 2.45) is 0 Å². The summed E-state index contributed by atoms with van der Waals surface area (Å²) in [5.74, 6) is 0. The molecule has 1 aromatic carbocycles. The van der Waals surface area contributed by atoms with Gasteiger partial charge in [0.05, 0.1) is 10.0 Å². The molecule has 0 fully saturated rings. The van der Waals surface area contributed by atoms with E-state index in [4.69, 9.17) is 23.2 Å². The Morgan fingerprint density at radius 2 is 1.22 bits per heavy atom. The summed E-state index contributed by atoms with van der Waals surface area (Å²) in [5, 5.41) is 1.21. The normalized spacial score (nSPS) is 8.22. The van der Waals surface area contributed by atoms with E-state index in [1.165, 1.54) is 0 Å². The molecule has 0 nitrogen and oxygen atoms in total. The van der Waals surface area contributed by atoms with Crippen LogP contribution in [0.15, 0.2) is 24.3 Å². The topological polar surface area (TPSA) is 0 Å². The molecule has 3 heteroatoms. The summed E-state index contributed by atoms with van der Waals surface area (Å²) in [7, 11) is 0. The summed E-state index contributed by atoms with van der Waals surface area (Å²) in [6, 6.07) is 7.19. The minimum atomic E-state index is 0. The van der Waals surface area contributed by atoms with Crippen molar-refractivity contribution in [3.05, 3.63) is 34.3 Å². The second kappa shape index (κ2) is 3.93. The number of halogens is 2. The number of hydrogen-bond acceptors (Lipinski definition) is 0. The molecule has 0 amide bonds. The maximum Gasteiger partial charge on any atom is 0.0592 e. The maximum atomic E-state index is 5.58. The van der Waals surface area contributed by atoms with Crippen LogP contribution >= 0.6 is 23.2 Å². The van der Waals surface area contributed by atoms with Gasteiger partial charge in [0.15, 0.2) is 0 Å². The molecule has 0 bridgehead atoms. The van der Waals surface area contributed by atoms with E-state index in [1.54, 1.807) is 12.1 Å². The first-order valence-corrected chi connectivity index (χ1v) is 2.96. The monoisotopic (exact) mass is 178 g/mol. The van der Waals surface area contributed by atoms with E-state index in [9.17, 15) is 0 Å². The van der Waals surface area contributed by atoms with Crippen LogP contribution in [-0.4, -0.2) is 11.0 Å². The Kier molecular flexibility index (Phi) is 3.94. The molecule has 0 aliphatic rings. The lowest BCUT2D eigenvalue weighted by molar-refractivity contribution is 1.71. The van der Waals surface area contributed by atoms with Crippen LogP contribution in [0, 0.1) is 0 Å². The highest BCUT2D eigenvalue weighted by Gasteiger charge is 1.89. The van der Waals surface area contributed by atoms with Crippen molar-refractivity contribution < 1.29 is 0 Å². The standard InChI is InChI=1S/C6H4Cl2.H4Si/c7-5-3-1-2-4-6(5)8;/h1-4H;1H4. The van der Waals surface area contributed by atoms with Crippen molar-refractivity contribution in [2.45, 2.75) is 0 Å². The summed E-state index contributed by atoms with van der Waals surface area (Å²) in [6.45, 7) is 0. The Bertz CT molecular complexity index is 167. The van der Waals surface area contributed by atoms with Gasteiger partial charge in [-0.05, 0) is 23.1 Å². The molecule has 0 aliphatic carbocycles. The highest BCUT2D eigenvalue weighted by Crippen LogP contribution is 2.19. The average molecular weight is 179 g/mol. The van der Waals surface area contributed by atoms with Crippen LogP contribution in [0.25, 0.3) is 0 Å². The fraction of sp³-hybridized carbons (Fsp3) is 0. The van der Waals surface area contributed by atoms with Crippen molar-refractivity contribution in [3.63, 3.8) is 0 Å². The summed E-state index contributed by atoms with van der Waals surface area (Å²) >= 11 is 11.2. The molecule has 0 spiro atoms. The van der Waals surface area contributed by atoms with Gasteiger partial charge >= 0.3 is 0 Å². The Balaban J connectivity index is 0.000000640. The molecule has 0 aromatic heterocycles. The molecule has 0 atom stereocenters. The molecule has 1 rings (SSSR count). The molecule has 0 N–H and O–H groups in total. The van der Waals surface area contributed by atoms with Gasteiger partial charge in [-0.2, -0.15) is 0 Å². The molecule has 0 aliphatic heterocycles.